The molecule has 0 unspecified atom stereocenters. The number of amides is 1. The van der Waals surface area contributed by atoms with Crippen LogP contribution < -0.4 is 10.0 Å². The number of sulfonamides is 1. The van der Waals surface area contributed by atoms with Crippen molar-refractivity contribution < 1.29 is 17.6 Å². The topological polar surface area (TPSA) is 88.4 Å². The molecule has 0 aliphatic heterocycles. The van der Waals surface area contributed by atoms with Crippen LogP contribution in [0.2, 0.25) is 5.02 Å². The number of furan rings is 1. The summed E-state index contributed by atoms with van der Waals surface area (Å²) in [6, 6.07) is 18.7. The third-order valence-corrected chi connectivity index (χ3v) is 6.75. The van der Waals surface area contributed by atoms with Crippen LogP contribution in [-0.2, 0) is 16.4 Å². The molecule has 0 bridgehead atoms. The van der Waals surface area contributed by atoms with Crippen molar-refractivity contribution in [2.24, 2.45) is 0 Å². The molecule has 0 saturated carbocycles. The van der Waals surface area contributed by atoms with Gasteiger partial charge in [0.25, 0.3) is 15.9 Å². The van der Waals surface area contributed by atoms with Crippen molar-refractivity contribution in [2.75, 3.05) is 10.0 Å². The molecule has 0 spiro atoms. The number of carbonyl (C=O) groups excluding carboxylic acids is 1. The molecule has 32 heavy (non-hydrogen) atoms. The third-order valence-electron chi connectivity index (χ3n) is 5.07. The van der Waals surface area contributed by atoms with Gasteiger partial charge in [0, 0.05) is 11.1 Å². The fraction of sp³-hybridized carbons (Fsp3) is 0.125. The zero-order valence-corrected chi connectivity index (χ0v) is 19.0. The molecule has 1 heterocycles. The van der Waals surface area contributed by atoms with Crippen molar-refractivity contribution in [3.05, 3.63) is 88.6 Å². The average Bonchev–Trinajstić information content (AvgIpc) is 3.10. The molecular weight excluding hydrogens is 448 g/mol. The molecule has 2 N–H and O–H groups in total. The van der Waals surface area contributed by atoms with E-state index in [2.05, 4.69) is 10.0 Å². The van der Waals surface area contributed by atoms with E-state index in [1.165, 1.54) is 6.07 Å². The fourth-order valence-corrected chi connectivity index (χ4v) is 4.75. The molecule has 0 radical (unpaired) electrons. The molecule has 0 aliphatic rings. The number of hydrogen-bond acceptors (Lipinski definition) is 4. The smallest absolute Gasteiger partial charge is 0.261 e. The molecule has 4 aromatic rings. The normalized spacial score (nSPS) is 11.5. The first-order valence-electron chi connectivity index (χ1n) is 9.99. The first-order valence-corrected chi connectivity index (χ1v) is 11.9. The Labute approximate surface area is 191 Å². The lowest BCUT2D eigenvalue weighted by Gasteiger charge is -2.10. The number of hydrogen-bond donors (Lipinski definition) is 2. The van der Waals surface area contributed by atoms with E-state index in [0.29, 0.717) is 28.0 Å². The summed E-state index contributed by atoms with van der Waals surface area (Å²) in [7, 11) is -3.84. The van der Waals surface area contributed by atoms with Crippen LogP contribution in [0.1, 0.15) is 28.6 Å². The maximum Gasteiger partial charge on any atom is 0.261 e. The lowest BCUT2D eigenvalue weighted by molar-refractivity contribution is 0.102. The van der Waals surface area contributed by atoms with E-state index in [4.69, 9.17) is 16.0 Å². The summed E-state index contributed by atoms with van der Waals surface area (Å²) in [5.74, 6) is 0.00386. The largest absolute Gasteiger partial charge is 0.459 e. The second kappa shape index (κ2) is 8.68. The Hall–Kier alpha value is -3.29. The van der Waals surface area contributed by atoms with Crippen molar-refractivity contribution in [3.8, 4) is 0 Å². The minimum Gasteiger partial charge on any atom is -0.459 e. The van der Waals surface area contributed by atoms with E-state index < -0.39 is 10.0 Å². The van der Waals surface area contributed by atoms with E-state index in [-0.39, 0.29) is 21.5 Å². The number of carbonyl (C=O) groups is 1. The van der Waals surface area contributed by atoms with Gasteiger partial charge in [-0.3, -0.25) is 9.52 Å². The number of rotatable bonds is 6. The minimum atomic E-state index is -3.84. The van der Waals surface area contributed by atoms with Crippen LogP contribution in [0.3, 0.4) is 0 Å². The third kappa shape index (κ3) is 4.35. The average molecular weight is 469 g/mol. The van der Waals surface area contributed by atoms with Gasteiger partial charge in [0.1, 0.15) is 5.76 Å². The number of aryl methyl sites for hydroxylation is 2. The monoisotopic (exact) mass is 468 g/mol. The molecule has 0 saturated heterocycles. The van der Waals surface area contributed by atoms with Crippen LogP contribution in [0.4, 0.5) is 11.4 Å². The molecular formula is C24H21ClN2O4S. The molecule has 0 fully saturated rings. The quantitative estimate of drug-likeness (QED) is 0.362. The lowest BCUT2D eigenvalue weighted by Crippen LogP contribution is -2.14. The Bertz CT molecular complexity index is 1400. The maximum atomic E-state index is 12.9. The van der Waals surface area contributed by atoms with Crippen molar-refractivity contribution in [3.63, 3.8) is 0 Å². The van der Waals surface area contributed by atoms with Gasteiger partial charge in [-0.05, 0) is 55.3 Å². The summed E-state index contributed by atoms with van der Waals surface area (Å²) >= 11 is 6.37. The van der Waals surface area contributed by atoms with E-state index in [1.807, 2.05) is 25.1 Å². The Morgan fingerprint density at radius 3 is 2.34 bits per heavy atom. The van der Waals surface area contributed by atoms with E-state index in [1.54, 1.807) is 49.4 Å². The van der Waals surface area contributed by atoms with Gasteiger partial charge in [-0.2, -0.15) is 0 Å². The molecule has 4 rings (SSSR count). The lowest BCUT2D eigenvalue weighted by atomic mass is 10.1. The molecule has 0 aliphatic carbocycles. The summed E-state index contributed by atoms with van der Waals surface area (Å²) in [5.41, 5.74) is 2.51. The van der Waals surface area contributed by atoms with Crippen LogP contribution in [0, 0.1) is 6.92 Å². The van der Waals surface area contributed by atoms with Gasteiger partial charge in [0.15, 0.2) is 5.58 Å². The summed E-state index contributed by atoms with van der Waals surface area (Å²) in [4.78, 5) is 13.1. The number of anilines is 2. The molecule has 6 nitrogen and oxygen atoms in total. The highest BCUT2D eigenvalue weighted by atomic mass is 35.5. The van der Waals surface area contributed by atoms with Crippen molar-refractivity contribution in [2.45, 2.75) is 25.2 Å². The van der Waals surface area contributed by atoms with Gasteiger partial charge in [-0.1, -0.05) is 48.9 Å². The Morgan fingerprint density at radius 1 is 1.00 bits per heavy atom. The van der Waals surface area contributed by atoms with E-state index in [0.717, 1.165) is 12.0 Å². The van der Waals surface area contributed by atoms with Crippen LogP contribution in [0.15, 0.2) is 76.0 Å². The summed E-state index contributed by atoms with van der Waals surface area (Å²) in [6.45, 7) is 3.66. The number of para-hydroxylation sites is 1. The van der Waals surface area contributed by atoms with E-state index >= 15 is 0 Å². The Balaban J connectivity index is 1.70. The first kappa shape index (κ1) is 21.9. The van der Waals surface area contributed by atoms with Crippen LogP contribution in [0.25, 0.3) is 11.0 Å². The first-order chi connectivity index (χ1) is 15.3. The van der Waals surface area contributed by atoms with Crippen LogP contribution in [0.5, 0.6) is 0 Å². The molecule has 164 valence electrons. The Morgan fingerprint density at radius 2 is 1.69 bits per heavy atom. The number of nitrogens with one attached hydrogen (secondary N) is 2. The van der Waals surface area contributed by atoms with E-state index in [9.17, 15) is 13.2 Å². The highest BCUT2D eigenvalue weighted by Gasteiger charge is 2.22. The fourth-order valence-electron chi connectivity index (χ4n) is 3.45. The Kier molecular flexibility index (Phi) is 5.95. The van der Waals surface area contributed by atoms with Crippen LogP contribution >= 0.6 is 11.6 Å². The van der Waals surface area contributed by atoms with Gasteiger partial charge >= 0.3 is 0 Å². The SMILES string of the molecule is CCc1ccc(S(=O)(=O)Nc2cc(Cl)c3oc(C)c(C(=O)Nc4ccccc4)c3c2)cc1. The zero-order chi connectivity index (χ0) is 22.9. The standard InChI is InChI=1S/C24H21ClN2O4S/c1-3-16-9-11-19(12-10-16)32(29,30)27-18-13-20-22(15(2)31-23(20)21(25)14-18)24(28)26-17-7-5-4-6-8-17/h4-14,27H,3H2,1-2H3,(H,26,28). The summed E-state index contributed by atoms with van der Waals surface area (Å²) < 4.78 is 34.0. The van der Waals surface area contributed by atoms with Crippen molar-refractivity contribution in [1.82, 2.24) is 0 Å². The number of benzene rings is 3. The molecule has 1 aromatic heterocycles. The highest BCUT2D eigenvalue weighted by molar-refractivity contribution is 7.92. The van der Waals surface area contributed by atoms with Gasteiger partial charge < -0.3 is 9.73 Å². The number of halogens is 1. The van der Waals surface area contributed by atoms with Crippen molar-refractivity contribution >= 4 is 49.9 Å². The molecule has 8 heteroatoms. The second-order valence-electron chi connectivity index (χ2n) is 7.29. The summed E-state index contributed by atoms with van der Waals surface area (Å²) in [6.07, 6.45) is 0.813. The number of fused-ring (bicyclic) bond motifs is 1. The zero-order valence-electron chi connectivity index (χ0n) is 17.5. The predicted molar refractivity (Wildman–Crippen MR) is 127 cm³/mol. The molecule has 0 atom stereocenters. The molecule has 1 amide bonds. The van der Waals surface area contributed by atoms with Gasteiger partial charge in [0.05, 0.1) is 21.2 Å². The summed E-state index contributed by atoms with van der Waals surface area (Å²) in [5, 5.41) is 3.44. The van der Waals surface area contributed by atoms with Crippen molar-refractivity contribution in [1.29, 1.82) is 0 Å². The maximum absolute atomic E-state index is 12.9. The van der Waals surface area contributed by atoms with Gasteiger partial charge in [0.2, 0.25) is 0 Å². The highest BCUT2D eigenvalue weighted by Crippen LogP contribution is 2.35. The van der Waals surface area contributed by atoms with Crippen LogP contribution in [-0.4, -0.2) is 14.3 Å². The molecule has 3 aromatic carbocycles. The predicted octanol–water partition coefficient (Wildman–Crippen LogP) is 6.01. The van der Waals surface area contributed by atoms with Gasteiger partial charge in [-0.15, -0.1) is 0 Å². The second-order valence-corrected chi connectivity index (χ2v) is 9.38. The van der Waals surface area contributed by atoms with Gasteiger partial charge in [-0.25, -0.2) is 8.42 Å². The minimum absolute atomic E-state index is 0.135.